The second-order valence-electron chi connectivity index (χ2n) is 5.17. The lowest BCUT2D eigenvalue weighted by atomic mass is 9.86. The Morgan fingerprint density at radius 1 is 1.57 bits per heavy atom. The van der Waals surface area contributed by atoms with Crippen LogP contribution in [0.15, 0.2) is 11.9 Å². The Labute approximate surface area is 86.0 Å². The lowest BCUT2D eigenvalue weighted by Gasteiger charge is -2.42. The van der Waals surface area contributed by atoms with Crippen LogP contribution in [0.5, 0.6) is 0 Å². The molecule has 0 amide bonds. The van der Waals surface area contributed by atoms with Crippen LogP contribution in [0.3, 0.4) is 0 Å². The lowest BCUT2D eigenvalue weighted by molar-refractivity contribution is 0.0791. The molecular formula is C12H20FN. The molecule has 0 N–H and O–H groups in total. The van der Waals surface area contributed by atoms with Gasteiger partial charge in [-0.05, 0) is 31.8 Å². The highest BCUT2D eigenvalue weighted by Crippen LogP contribution is 2.42. The molecule has 1 nitrogen and oxygen atoms in total. The maximum Gasteiger partial charge on any atom is 0.0988 e. The maximum absolute atomic E-state index is 13.1. The largest absolute Gasteiger partial charge is 0.291 e. The predicted octanol–water partition coefficient (Wildman–Crippen LogP) is 3.12. The third-order valence-electron chi connectivity index (χ3n) is 4.21. The van der Waals surface area contributed by atoms with Gasteiger partial charge in [0.15, 0.2) is 0 Å². The quantitative estimate of drug-likeness (QED) is 0.624. The van der Waals surface area contributed by atoms with Crippen LogP contribution in [-0.4, -0.2) is 23.0 Å². The van der Waals surface area contributed by atoms with Crippen molar-refractivity contribution in [2.24, 2.45) is 5.92 Å². The first kappa shape index (κ1) is 10.2. The zero-order valence-corrected chi connectivity index (χ0v) is 9.39. The summed E-state index contributed by atoms with van der Waals surface area (Å²) in [4.78, 5) is 2.50. The van der Waals surface area contributed by atoms with Gasteiger partial charge in [0.25, 0.3) is 0 Å². The summed E-state index contributed by atoms with van der Waals surface area (Å²) >= 11 is 0. The molecule has 0 saturated carbocycles. The van der Waals surface area contributed by atoms with Gasteiger partial charge in [0, 0.05) is 24.5 Å². The minimum absolute atomic E-state index is 0.0965. The summed E-state index contributed by atoms with van der Waals surface area (Å²) in [5.74, 6) is 0.751. The number of halogens is 1. The molecule has 2 aliphatic rings. The van der Waals surface area contributed by atoms with Crippen LogP contribution in [0.2, 0.25) is 0 Å². The van der Waals surface area contributed by atoms with E-state index in [9.17, 15) is 4.39 Å². The van der Waals surface area contributed by atoms with Gasteiger partial charge in [-0.3, -0.25) is 4.90 Å². The van der Waals surface area contributed by atoms with Crippen molar-refractivity contribution >= 4 is 0 Å². The first-order valence-corrected chi connectivity index (χ1v) is 5.67. The Morgan fingerprint density at radius 3 is 2.93 bits per heavy atom. The van der Waals surface area contributed by atoms with Crippen molar-refractivity contribution in [2.45, 2.75) is 51.6 Å². The summed E-state index contributed by atoms with van der Waals surface area (Å²) in [5, 5.41) is 0. The van der Waals surface area contributed by atoms with E-state index < -0.39 is 0 Å². The summed E-state index contributed by atoms with van der Waals surface area (Å²) in [6.07, 6.45) is 4.77. The summed E-state index contributed by atoms with van der Waals surface area (Å²) in [7, 11) is 0. The van der Waals surface area contributed by atoms with E-state index in [2.05, 4.69) is 25.7 Å². The monoisotopic (exact) mass is 197 g/mol. The highest BCUT2D eigenvalue weighted by Gasteiger charge is 2.44. The number of hydrogen-bond acceptors (Lipinski definition) is 1. The molecule has 2 heterocycles. The third-order valence-corrected chi connectivity index (χ3v) is 4.21. The molecule has 1 fully saturated rings. The fraction of sp³-hybridized carbons (Fsp3) is 0.833. The van der Waals surface area contributed by atoms with Crippen molar-refractivity contribution in [3.63, 3.8) is 0 Å². The van der Waals surface area contributed by atoms with Crippen LogP contribution in [0.4, 0.5) is 4.39 Å². The molecule has 2 unspecified atom stereocenters. The molecular weight excluding hydrogens is 177 g/mol. The predicted molar refractivity (Wildman–Crippen MR) is 56.8 cm³/mol. The van der Waals surface area contributed by atoms with Crippen molar-refractivity contribution in [3.05, 3.63) is 11.9 Å². The number of nitrogens with zero attached hydrogens (tertiary/aromatic N) is 1. The SMILES string of the molecule is CC(C)C1(C)CCC2C=C(F)CCN21. The van der Waals surface area contributed by atoms with Crippen LogP contribution in [0.1, 0.15) is 40.0 Å². The molecule has 2 atom stereocenters. The van der Waals surface area contributed by atoms with Crippen LogP contribution in [-0.2, 0) is 0 Å². The first-order valence-electron chi connectivity index (χ1n) is 5.67. The lowest BCUT2D eigenvalue weighted by Crippen LogP contribution is -2.49. The van der Waals surface area contributed by atoms with Gasteiger partial charge in [-0.25, -0.2) is 4.39 Å². The average Bonchev–Trinajstić information content (AvgIpc) is 2.45. The highest BCUT2D eigenvalue weighted by atomic mass is 19.1. The van der Waals surface area contributed by atoms with Crippen LogP contribution in [0, 0.1) is 5.92 Å². The molecule has 14 heavy (non-hydrogen) atoms. The normalized spacial score (nSPS) is 38.6. The molecule has 0 aliphatic carbocycles. The van der Waals surface area contributed by atoms with Gasteiger partial charge in [0.2, 0.25) is 0 Å². The molecule has 0 aromatic rings. The van der Waals surface area contributed by atoms with Gasteiger partial charge in [0.1, 0.15) is 0 Å². The number of hydrogen-bond donors (Lipinski definition) is 0. The van der Waals surface area contributed by atoms with E-state index in [4.69, 9.17) is 0 Å². The minimum atomic E-state index is 0.0965. The minimum Gasteiger partial charge on any atom is -0.291 e. The van der Waals surface area contributed by atoms with E-state index in [0.717, 1.165) is 13.0 Å². The number of rotatable bonds is 1. The van der Waals surface area contributed by atoms with Gasteiger partial charge in [-0.15, -0.1) is 0 Å². The third kappa shape index (κ3) is 1.40. The molecule has 2 rings (SSSR count). The first-order chi connectivity index (χ1) is 6.54. The van der Waals surface area contributed by atoms with Gasteiger partial charge in [-0.1, -0.05) is 13.8 Å². The molecule has 2 aliphatic heterocycles. The van der Waals surface area contributed by atoms with Gasteiger partial charge >= 0.3 is 0 Å². The maximum atomic E-state index is 13.1. The molecule has 0 aromatic carbocycles. The van der Waals surface area contributed by atoms with E-state index >= 15 is 0 Å². The van der Waals surface area contributed by atoms with E-state index in [1.165, 1.54) is 6.42 Å². The van der Waals surface area contributed by atoms with Crippen molar-refractivity contribution < 1.29 is 4.39 Å². The molecule has 0 bridgehead atoms. The fourth-order valence-corrected chi connectivity index (χ4v) is 2.85. The van der Waals surface area contributed by atoms with Gasteiger partial charge < -0.3 is 0 Å². The molecule has 1 saturated heterocycles. The van der Waals surface area contributed by atoms with Crippen molar-refractivity contribution in [1.82, 2.24) is 4.90 Å². The van der Waals surface area contributed by atoms with Gasteiger partial charge in [-0.2, -0.15) is 0 Å². The fourth-order valence-electron chi connectivity index (χ4n) is 2.85. The smallest absolute Gasteiger partial charge is 0.0988 e. The summed E-state index contributed by atoms with van der Waals surface area (Å²) in [6, 6.07) is 0.371. The summed E-state index contributed by atoms with van der Waals surface area (Å²) < 4.78 is 13.1. The standard InChI is InChI=1S/C12H20FN/c1-9(2)12(3)6-4-11-8-10(13)5-7-14(11)12/h8-9,11H,4-7H2,1-3H3. The Kier molecular flexibility index (Phi) is 2.42. The highest BCUT2D eigenvalue weighted by molar-refractivity contribution is 5.13. The van der Waals surface area contributed by atoms with Crippen LogP contribution < -0.4 is 0 Å². The molecule has 80 valence electrons. The Bertz CT molecular complexity index is 259. The topological polar surface area (TPSA) is 3.24 Å². The zero-order chi connectivity index (χ0) is 10.3. The second kappa shape index (κ2) is 3.34. The molecule has 0 spiro atoms. The molecule has 2 heteroatoms. The summed E-state index contributed by atoms with van der Waals surface area (Å²) in [5.41, 5.74) is 0.294. The van der Waals surface area contributed by atoms with Crippen molar-refractivity contribution in [2.75, 3.05) is 6.54 Å². The van der Waals surface area contributed by atoms with E-state index in [0.29, 0.717) is 23.9 Å². The van der Waals surface area contributed by atoms with Crippen molar-refractivity contribution in [3.8, 4) is 0 Å². The molecule has 0 radical (unpaired) electrons. The second-order valence-corrected chi connectivity index (χ2v) is 5.17. The van der Waals surface area contributed by atoms with Crippen molar-refractivity contribution in [1.29, 1.82) is 0 Å². The van der Waals surface area contributed by atoms with E-state index in [1.54, 1.807) is 0 Å². The Balaban J connectivity index is 2.21. The molecule has 0 aromatic heterocycles. The Hall–Kier alpha value is -0.370. The van der Waals surface area contributed by atoms with Gasteiger partial charge in [0.05, 0.1) is 5.83 Å². The zero-order valence-electron chi connectivity index (χ0n) is 9.39. The Morgan fingerprint density at radius 2 is 2.29 bits per heavy atom. The van der Waals surface area contributed by atoms with Crippen LogP contribution >= 0.6 is 0 Å². The average molecular weight is 197 g/mol. The van der Waals surface area contributed by atoms with Crippen LogP contribution in [0.25, 0.3) is 0 Å². The number of fused-ring (bicyclic) bond motifs is 1. The van der Waals surface area contributed by atoms with E-state index in [-0.39, 0.29) is 5.83 Å². The summed E-state index contributed by atoms with van der Waals surface area (Å²) in [6.45, 7) is 7.78. The van der Waals surface area contributed by atoms with E-state index in [1.807, 2.05) is 6.08 Å².